The third-order valence-corrected chi connectivity index (χ3v) is 4.75. The standard InChI is InChI=1S/C18H20Br2O/c1-18(2,3)13-6-4-12(5-7-13)10-17(21)15-9-8-14(19)11-16(15)20/h4-9,11,17,21H,10H2,1-3H3. The van der Waals surface area contributed by atoms with Crippen molar-refractivity contribution in [2.75, 3.05) is 0 Å². The molecule has 2 rings (SSSR count). The Hall–Kier alpha value is -0.640. The molecule has 112 valence electrons. The van der Waals surface area contributed by atoms with Crippen LogP contribution in [0.4, 0.5) is 0 Å². The molecule has 0 saturated heterocycles. The fourth-order valence-electron chi connectivity index (χ4n) is 2.25. The van der Waals surface area contributed by atoms with E-state index in [1.54, 1.807) is 0 Å². The van der Waals surface area contributed by atoms with Gasteiger partial charge in [-0.3, -0.25) is 0 Å². The molecule has 0 heterocycles. The van der Waals surface area contributed by atoms with Crippen LogP contribution in [0, 0.1) is 0 Å². The molecule has 3 heteroatoms. The number of rotatable bonds is 3. The van der Waals surface area contributed by atoms with E-state index in [-0.39, 0.29) is 5.41 Å². The van der Waals surface area contributed by atoms with Crippen LogP contribution in [0.25, 0.3) is 0 Å². The lowest BCUT2D eigenvalue weighted by Gasteiger charge is -2.19. The first-order valence-electron chi connectivity index (χ1n) is 7.00. The van der Waals surface area contributed by atoms with E-state index in [9.17, 15) is 5.11 Å². The largest absolute Gasteiger partial charge is 0.388 e. The average Bonchev–Trinajstić information content (AvgIpc) is 2.38. The van der Waals surface area contributed by atoms with Crippen LogP contribution < -0.4 is 0 Å². The molecule has 0 spiro atoms. The molecule has 1 unspecified atom stereocenters. The van der Waals surface area contributed by atoms with Gasteiger partial charge in [-0.25, -0.2) is 0 Å². The van der Waals surface area contributed by atoms with Crippen molar-refractivity contribution in [2.24, 2.45) is 0 Å². The van der Waals surface area contributed by atoms with Gasteiger partial charge in [-0.15, -0.1) is 0 Å². The summed E-state index contributed by atoms with van der Waals surface area (Å²) in [5.41, 5.74) is 3.53. The second kappa shape index (κ2) is 6.64. The number of hydrogen-bond donors (Lipinski definition) is 1. The van der Waals surface area contributed by atoms with Gasteiger partial charge in [0.25, 0.3) is 0 Å². The Morgan fingerprint density at radius 3 is 2.14 bits per heavy atom. The van der Waals surface area contributed by atoms with Crippen LogP contribution in [0.1, 0.15) is 43.6 Å². The Morgan fingerprint density at radius 2 is 1.62 bits per heavy atom. The van der Waals surface area contributed by atoms with Gasteiger partial charge in [-0.05, 0) is 34.2 Å². The summed E-state index contributed by atoms with van der Waals surface area (Å²) >= 11 is 6.94. The maximum absolute atomic E-state index is 10.4. The first-order valence-corrected chi connectivity index (χ1v) is 8.58. The van der Waals surface area contributed by atoms with E-state index >= 15 is 0 Å². The Morgan fingerprint density at radius 1 is 1.00 bits per heavy atom. The van der Waals surface area contributed by atoms with Crippen molar-refractivity contribution >= 4 is 31.9 Å². The van der Waals surface area contributed by atoms with Gasteiger partial charge in [0.15, 0.2) is 0 Å². The first-order chi connectivity index (χ1) is 9.77. The summed E-state index contributed by atoms with van der Waals surface area (Å²) in [7, 11) is 0. The van der Waals surface area contributed by atoms with E-state index in [4.69, 9.17) is 0 Å². The summed E-state index contributed by atoms with van der Waals surface area (Å²) in [6.07, 6.45) is 0.109. The molecule has 1 N–H and O–H groups in total. The van der Waals surface area contributed by atoms with Gasteiger partial charge in [0.2, 0.25) is 0 Å². The minimum atomic E-state index is -0.507. The molecular weight excluding hydrogens is 392 g/mol. The quantitative estimate of drug-likeness (QED) is 0.677. The normalized spacial score (nSPS) is 13.2. The molecular formula is C18H20Br2O. The third-order valence-electron chi connectivity index (χ3n) is 3.57. The molecule has 0 aliphatic rings. The van der Waals surface area contributed by atoms with Crippen molar-refractivity contribution in [2.45, 2.75) is 38.7 Å². The van der Waals surface area contributed by atoms with Crippen LogP contribution >= 0.6 is 31.9 Å². The topological polar surface area (TPSA) is 20.2 Å². The highest BCUT2D eigenvalue weighted by atomic mass is 79.9. The molecule has 0 aliphatic heterocycles. The van der Waals surface area contributed by atoms with E-state index in [0.717, 1.165) is 20.1 Å². The Balaban J connectivity index is 2.14. The van der Waals surface area contributed by atoms with E-state index < -0.39 is 6.10 Å². The highest BCUT2D eigenvalue weighted by molar-refractivity contribution is 9.11. The fraction of sp³-hybridized carbons (Fsp3) is 0.333. The zero-order valence-corrected chi connectivity index (χ0v) is 15.7. The van der Waals surface area contributed by atoms with Gasteiger partial charge in [0.05, 0.1) is 6.10 Å². The van der Waals surface area contributed by atoms with Crippen LogP contribution in [0.2, 0.25) is 0 Å². The smallest absolute Gasteiger partial charge is 0.0841 e. The highest BCUT2D eigenvalue weighted by Crippen LogP contribution is 2.29. The van der Waals surface area contributed by atoms with Gasteiger partial charge in [0.1, 0.15) is 0 Å². The summed E-state index contributed by atoms with van der Waals surface area (Å²) in [6, 6.07) is 14.4. The predicted octanol–water partition coefficient (Wildman–Crippen LogP) is 5.79. The molecule has 0 bridgehead atoms. The molecule has 1 nitrogen and oxygen atoms in total. The van der Waals surface area contributed by atoms with Crippen LogP contribution in [0.3, 0.4) is 0 Å². The summed E-state index contributed by atoms with van der Waals surface area (Å²) in [5.74, 6) is 0. The zero-order valence-electron chi connectivity index (χ0n) is 12.5. The Labute approximate surface area is 143 Å². The minimum absolute atomic E-state index is 0.159. The van der Waals surface area contributed by atoms with E-state index in [0.29, 0.717) is 6.42 Å². The van der Waals surface area contributed by atoms with Gasteiger partial charge in [0, 0.05) is 15.4 Å². The van der Waals surface area contributed by atoms with Crippen molar-refractivity contribution in [3.63, 3.8) is 0 Å². The monoisotopic (exact) mass is 410 g/mol. The van der Waals surface area contributed by atoms with Gasteiger partial charge >= 0.3 is 0 Å². The molecule has 0 aliphatic carbocycles. The lowest BCUT2D eigenvalue weighted by atomic mass is 9.86. The van der Waals surface area contributed by atoms with Crippen molar-refractivity contribution < 1.29 is 5.11 Å². The van der Waals surface area contributed by atoms with Crippen molar-refractivity contribution in [1.82, 2.24) is 0 Å². The molecule has 0 fully saturated rings. The number of halogens is 2. The van der Waals surface area contributed by atoms with Crippen LogP contribution in [-0.4, -0.2) is 5.11 Å². The first kappa shape index (κ1) is 16.7. The summed E-state index contributed by atoms with van der Waals surface area (Å²) in [4.78, 5) is 0. The second-order valence-corrected chi connectivity index (χ2v) is 8.10. The summed E-state index contributed by atoms with van der Waals surface area (Å²) < 4.78 is 1.93. The molecule has 0 aromatic heterocycles. The van der Waals surface area contributed by atoms with E-state index in [2.05, 4.69) is 76.9 Å². The molecule has 21 heavy (non-hydrogen) atoms. The summed E-state index contributed by atoms with van der Waals surface area (Å²) in [6.45, 7) is 6.61. The highest BCUT2D eigenvalue weighted by Gasteiger charge is 2.15. The molecule has 1 atom stereocenters. The zero-order chi connectivity index (χ0) is 15.6. The Kier molecular flexibility index (Phi) is 5.29. The fourth-order valence-corrected chi connectivity index (χ4v) is 3.56. The van der Waals surface area contributed by atoms with E-state index in [1.807, 2.05) is 18.2 Å². The molecule has 0 saturated carbocycles. The molecule has 2 aromatic carbocycles. The maximum Gasteiger partial charge on any atom is 0.0841 e. The second-order valence-electron chi connectivity index (χ2n) is 6.33. The van der Waals surface area contributed by atoms with Crippen molar-refractivity contribution in [3.05, 3.63) is 68.1 Å². The van der Waals surface area contributed by atoms with Crippen LogP contribution in [-0.2, 0) is 11.8 Å². The SMILES string of the molecule is CC(C)(C)c1ccc(CC(O)c2ccc(Br)cc2Br)cc1. The summed E-state index contributed by atoms with van der Waals surface area (Å²) in [5, 5.41) is 10.4. The predicted molar refractivity (Wildman–Crippen MR) is 95.6 cm³/mol. The number of aliphatic hydroxyl groups is 1. The third kappa shape index (κ3) is 4.41. The Bertz CT molecular complexity index is 612. The minimum Gasteiger partial charge on any atom is -0.388 e. The number of hydrogen-bond acceptors (Lipinski definition) is 1. The van der Waals surface area contributed by atoms with Gasteiger partial charge < -0.3 is 5.11 Å². The molecule has 0 amide bonds. The van der Waals surface area contributed by atoms with Crippen LogP contribution in [0.5, 0.6) is 0 Å². The van der Waals surface area contributed by atoms with Crippen molar-refractivity contribution in [3.8, 4) is 0 Å². The van der Waals surface area contributed by atoms with Crippen LogP contribution in [0.15, 0.2) is 51.4 Å². The van der Waals surface area contributed by atoms with Crippen molar-refractivity contribution in [1.29, 1.82) is 0 Å². The number of benzene rings is 2. The molecule has 2 aromatic rings. The lowest BCUT2D eigenvalue weighted by molar-refractivity contribution is 0.177. The number of aliphatic hydroxyl groups excluding tert-OH is 1. The average molecular weight is 412 g/mol. The van der Waals surface area contributed by atoms with Gasteiger partial charge in [-0.1, -0.05) is 83.0 Å². The van der Waals surface area contributed by atoms with Gasteiger partial charge in [-0.2, -0.15) is 0 Å². The molecule has 0 radical (unpaired) electrons. The maximum atomic E-state index is 10.4. The van der Waals surface area contributed by atoms with E-state index in [1.165, 1.54) is 5.56 Å². The lowest BCUT2D eigenvalue weighted by Crippen LogP contribution is -2.11.